The number of benzene rings is 2. The van der Waals surface area contributed by atoms with Crippen LogP contribution in [0.15, 0.2) is 52.8 Å². The number of carbonyl (C=O) groups excluding carboxylic acids is 2. The van der Waals surface area contributed by atoms with Crippen molar-refractivity contribution in [3.05, 3.63) is 63.4 Å². The smallest absolute Gasteiger partial charge is 0.295 e. The van der Waals surface area contributed by atoms with E-state index >= 15 is 0 Å². The molecule has 0 aliphatic carbocycles. The zero-order valence-corrected chi connectivity index (χ0v) is 10.9. The second-order valence-corrected chi connectivity index (χ2v) is 4.38. The average molecular weight is 297 g/mol. The third-order valence-corrected chi connectivity index (χ3v) is 3.09. The van der Waals surface area contributed by atoms with Crippen LogP contribution in [0.25, 0.3) is 0 Å². The van der Waals surface area contributed by atoms with Crippen LogP contribution in [-0.4, -0.2) is 16.9 Å². The van der Waals surface area contributed by atoms with Gasteiger partial charge in [0.05, 0.1) is 11.1 Å². The maximum atomic E-state index is 12.1. The van der Waals surface area contributed by atoms with Crippen molar-refractivity contribution in [1.29, 1.82) is 0 Å². The van der Waals surface area contributed by atoms with Gasteiger partial charge in [-0.05, 0) is 34.6 Å². The maximum absolute atomic E-state index is 12.1. The van der Waals surface area contributed by atoms with Gasteiger partial charge < -0.3 is 4.84 Å². The predicted octanol–water partition coefficient (Wildman–Crippen LogP) is 3.07. The van der Waals surface area contributed by atoms with Gasteiger partial charge in [-0.3, -0.25) is 9.59 Å². The van der Waals surface area contributed by atoms with E-state index in [1.807, 2.05) is 0 Å². The molecule has 108 valence electrons. The van der Waals surface area contributed by atoms with Gasteiger partial charge in [0, 0.05) is 6.07 Å². The van der Waals surface area contributed by atoms with Crippen LogP contribution in [0.3, 0.4) is 0 Å². The van der Waals surface area contributed by atoms with E-state index in [-0.39, 0.29) is 28.3 Å². The van der Waals surface area contributed by atoms with Crippen LogP contribution in [0.5, 0.6) is 5.75 Å². The van der Waals surface area contributed by atoms with E-state index in [1.165, 1.54) is 24.3 Å². The molecule has 0 unspecified atom stereocenters. The van der Waals surface area contributed by atoms with E-state index in [2.05, 4.69) is 10.4 Å². The van der Waals surface area contributed by atoms with Crippen molar-refractivity contribution in [2.24, 2.45) is 10.4 Å². The summed E-state index contributed by atoms with van der Waals surface area (Å²) < 4.78 is 0. The topological polar surface area (TPSA) is 105 Å². The van der Waals surface area contributed by atoms with Crippen molar-refractivity contribution in [1.82, 2.24) is 5.06 Å². The molecule has 0 N–H and O–H groups in total. The molecule has 3 rings (SSSR count). The summed E-state index contributed by atoms with van der Waals surface area (Å²) in [5.41, 5.74) is 0.150. The average Bonchev–Trinajstić information content (AvgIpc) is 2.80. The van der Waals surface area contributed by atoms with E-state index in [0.29, 0.717) is 5.06 Å². The maximum Gasteiger partial charge on any atom is 0.295 e. The molecule has 8 nitrogen and oxygen atoms in total. The summed E-state index contributed by atoms with van der Waals surface area (Å²) in [6.45, 7) is 0. The second kappa shape index (κ2) is 5.17. The molecule has 8 heteroatoms. The molecule has 2 amide bonds. The molecular formula is C14H7N3O5. The Kier molecular flexibility index (Phi) is 3.18. The number of hydrogen-bond acceptors (Lipinski definition) is 7. The number of carbonyl (C=O) groups is 2. The summed E-state index contributed by atoms with van der Waals surface area (Å²) >= 11 is 0. The lowest BCUT2D eigenvalue weighted by Crippen LogP contribution is -2.33. The third kappa shape index (κ3) is 2.03. The molecule has 2 aromatic carbocycles. The van der Waals surface area contributed by atoms with Gasteiger partial charge in [-0.15, -0.1) is 9.81 Å². The summed E-state index contributed by atoms with van der Waals surface area (Å²) in [6, 6.07) is 9.83. The number of fused-ring (bicyclic) bond motifs is 1. The van der Waals surface area contributed by atoms with Crippen molar-refractivity contribution in [2.75, 3.05) is 0 Å². The Balaban J connectivity index is 1.95. The molecule has 0 saturated heterocycles. The summed E-state index contributed by atoms with van der Waals surface area (Å²) in [4.78, 5) is 50.7. The van der Waals surface area contributed by atoms with E-state index in [0.717, 1.165) is 6.07 Å². The van der Waals surface area contributed by atoms with Gasteiger partial charge in [0.25, 0.3) is 11.8 Å². The Morgan fingerprint density at radius 3 is 2.05 bits per heavy atom. The Labute approximate surface area is 123 Å². The first-order valence-corrected chi connectivity index (χ1v) is 6.12. The van der Waals surface area contributed by atoms with Gasteiger partial charge >= 0.3 is 0 Å². The van der Waals surface area contributed by atoms with Crippen LogP contribution in [0, 0.1) is 9.81 Å². The molecule has 0 aromatic heterocycles. The normalized spacial score (nSPS) is 13.0. The molecule has 1 aliphatic rings. The van der Waals surface area contributed by atoms with Gasteiger partial charge in [-0.2, -0.15) is 0 Å². The van der Waals surface area contributed by atoms with Crippen molar-refractivity contribution in [3.63, 3.8) is 0 Å². The van der Waals surface area contributed by atoms with Crippen molar-refractivity contribution >= 4 is 23.2 Å². The van der Waals surface area contributed by atoms with E-state index in [9.17, 15) is 19.4 Å². The molecule has 0 saturated carbocycles. The number of imide groups is 1. The number of amides is 2. The lowest BCUT2D eigenvalue weighted by atomic mass is 10.1. The minimum absolute atomic E-state index is 0.0238. The van der Waals surface area contributed by atoms with Crippen molar-refractivity contribution in [3.8, 4) is 5.75 Å². The van der Waals surface area contributed by atoms with Crippen LogP contribution >= 0.6 is 0 Å². The Morgan fingerprint density at radius 2 is 1.50 bits per heavy atom. The quantitative estimate of drug-likeness (QED) is 0.636. The minimum atomic E-state index is -0.643. The molecule has 22 heavy (non-hydrogen) atoms. The van der Waals surface area contributed by atoms with Crippen LogP contribution < -0.4 is 4.84 Å². The first-order chi connectivity index (χ1) is 10.7. The predicted molar refractivity (Wildman–Crippen MR) is 74.9 cm³/mol. The van der Waals surface area contributed by atoms with Crippen LogP contribution in [-0.2, 0) is 0 Å². The number of hydrogen-bond donors (Lipinski definition) is 0. The summed E-state index contributed by atoms with van der Waals surface area (Å²) in [7, 11) is 0. The summed E-state index contributed by atoms with van der Waals surface area (Å²) in [5.74, 6) is -1.41. The van der Waals surface area contributed by atoms with E-state index in [4.69, 9.17) is 4.84 Å². The van der Waals surface area contributed by atoms with E-state index in [1.54, 1.807) is 12.1 Å². The first-order valence-electron chi connectivity index (χ1n) is 6.12. The third-order valence-electron chi connectivity index (χ3n) is 3.09. The summed E-state index contributed by atoms with van der Waals surface area (Å²) in [6.07, 6.45) is 0. The Hall–Kier alpha value is -3.42. The van der Waals surface area contributed by atoms with Gasteiger partial charge in [0.1, 0.15) is 5.69 Å². The Morgan fingerprint density at radius 1 is 0.864 bits per heavy atom. The zero-order valence-electron chi connectivity index (χ0n) is 10.9. The van der Waals surface area contributed by atoms with Gasteiger partial charge in [0.2, 0.25) is 0 Å². The number of nitrogens with zero attached hydrogens (tertiary/aromatic N) is 3. The highest BCUT2D eigenvalue weighted by Crippen LogP contribution is 2.34. The second-order valence-electron chi connectivity index (χ2n) is 4.38. The van der Waals surface area contributed by atoms with Crippen molar-refractivity contribution < 1.29 is 14.4 Å². The molecule has 0 spiro atoms. The lowest BCUT2D eigenvalue weighted by molar-refractivity contribution is -0.0137. The molecule has 2 aromatic rings. The SMILES string of the molecule is O=Nc1ccc(ON2C(=O)c3ccccc3C2=O)c(N=O)c1. The number of nitroso groups, excluding NO2 is 2. The van der Waals surface area contributed by atoms with Gasteiger partial charge in [0.15, 0.2) is 11.4 Å². The summed E-state index contributed by atoms with van der Waals surface area (Å²) in [5, 5.41) is 5.90. The first kappa shape index (κ1) is 13.6. The standard InChI is InChI=1S/C14H7N3O5/c18-13-9-3-1-2-4-10(9)14(19)17(13)22-12-6-5-8(15-20)7-11(12)16-21/h1-7H. The van der Waals surface area contributed by atoms with Crippen LogP contribution in [0.2, 0.25) is 0 Å². The molecule has 1 heterocycles. The molecule has 0 bridgehead atoms. The highest BCUT2D eigenvalue weighted by Gasteiger charge is 2.37. The number of rotatable bonds is 4. The fraction of sp³-hybridized carbons (Fsp3) is 0. The fourth-order valence-electron chi connectivity index (χ4n) is 2.06. The largest absolute Gasteiger partial charge is 0.366 e. The monoisotopic (exact) mass is 297 g/mol. The van der Waals surface area contributed by atoms with Crippen LogP contribution in [0.1, 0.15) is 20.7 Å². The van der Waals surface area contributed by atoms with Crippen molar-refractivity contribution in [2.45, 2.75) is 0 Å². The molecule has 0 atom stereocenters. The molecule has 1 aliphatic heterocycles. The van der Waals surface area contributed by atoms with E-state index < -0.39 is 11.8 Å². The molecular weight excluding hydrogens is 290 g/mol. The lowest BCUT2D eigenvalue weighted by Gasteiger charge is -2.14. The fourth-order valence-corrected chi connectivity index (χ4v) is 2.06. The highest BCUT2D eigenvalue weighted by molar-refractivity contribution is 6.20. The molecule has 0 radical (unpaired) electrons. The zero-order chi connectivity index (χ0) is 15.7. The van der Waals surface area contributed by atoms with Gasteiger partial charge in [-0.1, -0.05) is 17.2 Å². The minimum Gasteiger partial charge on any atom is -0.366 e. The molecule has 0 fully saturated rings. The van der Waals surface area contributed by atoms with Gasteiger partial charge in [-0.25, -0.2) is 0 Å². The number of hydroxylamine groups is 2. The Bertz CT molecular complexity index is 783. The highest BCUT2D eigenvalue weighted by atomic mass is 16.7. The van der Waals surface area contributed by atoms with Crippen LogP contribution in [0.4, 0.5) is 11.4 Å².